The van der Waals surface area contributed by atoms with Gasteiger partial charge < -0.3 is 19.3 Å². The van der Waals surface area contributed by atoms with E-state index in [9.17, 15) is 4.79 Å². The van der Waals surface area contributed by atoms with Crippen molar-refractivity contribution in [2.45, 2.75) is 18.8 Å². The van der Waals surface area contributed by atoms with E-state index in [1.54, 1.807) is 6.20 Å². The van der Waals surface area contributed by atoms with Gasteiger partial charge in [0.15, 0.2) is 0 Å². The number of para-hydroxylation sites is 1. The number of nitrogens with zero attached hydrogens (tertiary/aromatic N) is 5. The van der Waals surface area contributed by atoms with E-state index in [1.807, 2.05) is 47.5 Å². The van der Waals surface area contributed by atoms with Crippen LogP contribution in [0.1, 0.15) is 35.0 Å². The molecule has 4 aromatic rings. The summed E-state index contributed by atoms with van der Waals surface area (Å²) in [5, 5.41) is 5.05. The average molecular weight is 414 g/mol. The van der Waals surface area contributed by atoms with Crippen molar-refractivity contribution in [3.63, 3.8) is 0 Å². The lowest BCUT2D eigenvalue weighted by Crippen LogP contribution is -2.49. The van der Waals surface area contributed by atoms with Crippen LogP contribution in [0, 0.1) is 0 Å². The van der Waals surface area contributed by atoms with Gasteiger partial charge in [0.1, 0.15) is 5.82 Å². The fourth-order valence-electron chi connectivity index (χ4n) is 4.11. The van der Waals surface area contributed by atoms with E-state index in [4.69, 9.17) is 4.52 Å². The van der Waals surface area contributed by atoms with Gasteiger partial charge in [-0.2, -0.15) is 4.98 Å². The molecule has 0 bridgehead atoms. The van der Waals surface area contributed by atoms with Crippen LogP contribution >= 0.6 is 0 Å². The van der Waals surface area contributed by atoms with Crippen molar-refractivity contribution in [3.8, 4) is 11.4 Å². The Hall–Kier alpha value is -3.68. The first-order valence-electron chi connectivity index (χ1n) is 10.7. The molecule has 0 radical (unpaired) electrons. The minimum atomic E-state index is 0.0731. The number of amides is 1. The van der Waals surface area contributed by atoms with Crippen molar-refractivity contribution in [3.05, 3.63) is 60.2 Å². The van der Waals surface area contributed by atoms with Crippen molar-refractivity contribution in [1.29, 1.82) is 0 Å². The number of carbonyl (C=O) groups excluding carboxylic acids is 1. The highest BCUT2D eigenvalue weighted by molar-refractivity contribution is 6.06. The quantitative estimate of drug-likeness (QED) is 0.550. The standard InChI is InChI=1S/C23H22N6O2/c30-23(18-14-24-19-4-2-1-3-17(18)19)29-11-9-28(10-12-29)20-8-7-16(13-25-20)21-26-22(31-27-21)15-5-6-15/h1-4,7-8,13-15,24H,5-6,9-12H2. The van der Waals surface area contributed by atoms with Gasteiger partial charge in [-0.3, -0.25) is 4.79 Å². The predicted octanol–water partition coefficient (Wildman–Crippen LogP) is 3.45. The highest BCUT2D eigenvalue weighted by atomic mass is 16.5. The number of nitrogens with one attached hydrogen (secondary N) is 1. The molecule has 1 aliphatic carbocycles. The van der Waals surface area contributed by atoms with Crippen LogP contribution in [-0.4, -0.2) is 57.1 Å². The molecular formula is C23H22N6O2. The van der Waals surface area contributed by atoms with Gasteiger partial charge in [0.05, 0.1) is 5.56 Å². The number of anilines is 1. The summed E-state index contributed by atoms with van der Waals surface area (Å²) in [6.45, 7) is 2.82. The van der Waals surface area contributed by atoms with Gasteiger partial charge in [-0.05, 0) is 31.0 Å². The first kappa shape index (κ1) is 18.1. The molecule has 1 aliphatic heterocycles. The molecule has 0 spiro atoms. The zero-order valence-electron chi connectivity index (χ0n) is 17.0. The molecule has 4 heterocycles. The third-order valence-electron chi connectivity index (χ3n) is 6.08. The number of rotatable bonds is 4. The molecule has 156 valence electrons. The first-order chi connectivity index (χ1) is 15.3. The van der Waals surface area contributed by atoms with Gasteiger partial charge >= 0.3 is 0 Å². The second kappa shape index (κ2) is 7.23. The second-order valence-electron chi connectivity index (χ2n) is 8.16. The van der Waals surface area contributed by atoms with E-state index in [2.05, 4.69) is 25.0 Å². The van der Waals surface area contributed by atoms with Crippen molar-refractivity contribution in [2.24, 2.45) is 0 Å². The zero-order chi connectivity index (χ0) is 20.8. The fraction of sp³-hybridized carbons (Fsp3) is 0.304. The summed E-state index contributed by atoms with van der Waals surface area (Å²) in [6, 6.07) is 11.9. The number of aromatic amines is 1. The van der Waals surface area contributed by atoms with Crippen LogP contribution in [0.25, 0.3) is 22.3 Å². The van der Waals surface area contributed by atoms with Crippen LogP contribution in [0.3, 0.4) is 0 Å². The molecule has 2 fully saturated rings. The largest absolute Gasteiger partial charge is 0.360 e. The molecule has 0 unspecified atom stereocenters. The van der Waals surface area contributed by atoms with Crippen LogP contribution in [0.2, 0.25) is 0 Å². The Kier molecular flexibility index (Phi) is 4.22. The number of hydrogen-bond acceptors (Lipinski definition) is 6. The maximum absolute atomic E-state index is 13.0. The molecule has 8 nitrogen and oxygen atoms in total. The summed E-state index contributed by atoms with van der Waals surface area (Å²) in [6.07, 6.45) is 5.87. The number of benzene rings is 1. The molecule has 3 aromatic heterocycles. The molecule has 6 rings (SSSR count). The van der Waals surface area contributed by atoms with Crippen LogP contribution in [-0.2, 0) is 0 Å². The molecule has 1 N–H and O–H groups in total. The topological polar surface area (TPSA) is 91.2 Å². The molecule has 1 aromatic carbocycles. The molecule has 8 heteroatoms. The van der Waals surface area contributed by atoms with Gasteiger partial charge in [-0.15, -0.1) is 0 Å². The van der Waals surface area contributed by atoms with Crippen molar-refractivity contribution >= 4 is 22.6 Å². The molecule has 1 saturated carbocycles. The van der Waals surface area contributed by atoms with Crippen molar-refractivity contribution < 1.29 is 9.32 Å². The van der Waals surface area contributed by atoms with E-state index < -0.39 is 0 Å². The first-order valence-corrected chi connectivity index (χ1v) is 10.7. The molecule has 31 heavy (non-hydrogen) atoms. The lowest BCUT2D eigenvalue weighted by molar-refractivity contribution is 0.0748. The number of carbonyl (C=O) groups is 1. The Morgan fingerprint density at radius 1 is 1.06 bits per heavy atom. The second-order valence-corrected chi connectivity index (χ2v) is 8.16. The Bertz CT molecular complexity index is 1230. The number of pyridine rings is 1. The smallest absolute Gasteiger partial charge is 0.256 e. The van der Waals surface area contributed by atoms with Crippen LogP contribution in [0.4, 0.5) is 5.82 Å². The average Bonchev–Trinajstić information content (AvgIpc) is 3.40. The summed E-state index contributed by atoms with van der Waals surface area (Å²) >= 11 is 0. The number of H-pyrrole nitrogens is 1. The van der Waals surface area contributed by atoms with Gasteiger partial charge in [0, 0.05) is 61.0 Å². The Labute approximate surface area is 178 Å². The van der Waals surface area contributed by atoms with Crippen molar-refractivity contribution in [2.75, 3.05) is 31.1 Å². The maximum Gasteiger partial charge on any atom is 0.256 e. The minimum absolute atomic E-state index is 0.0731. The molecular weight excluding hydrogens is 392 g/mol. The van der Waals surface area contributed by atoms with E-state index in [0.29, 0.717) is 24.8 Å². The Morgan fingerprint density at radius 2 is 1.90 bits per heavy atom. The highest BCUT2D eigenvalue weighted by Crippen LogP contribution is 2.39. The van der Waals surface area contributed by atoms with E-state index in [0.717, 1.165) is 59.7 Å². The third-order valence-corrected chi connectivity index (χ3v) is 6.08. The lowest BCUT2D eigenvalue weighted by atomic mass is 10.1. The maximum atomic E-state index is 13.0. The van der Waals surface area contributed by atoms with Crippen LogP contribution in [0.5, 0.6) is 0 Å². The molecule has 1 amide bonds. The zero-order valence-corrected chi connectivity index (χ0v) is 17.0. The van der Waals surface area contributed by atoms with E-state index in [-0.39, 0.29) is 5.91 Å². The number of piperazine rings is 1. The summed E-state index contributed by atoms with van der Waals surface area (Å²) in [7, 11) is 0. The van der Waals surface area contributed by atoms with Gasteiger partial charge in [-0.25, -0.2) is 4.98 Å². The lowest BCUT2D eigenvalue weighted by Gasteiger charge is -2.35. The van der Waals surface area contributed by atoms with Crippen LogP contribution < -0.4 is 4.90 Å². The van der Waals surface area contributed by atoms with Gasteiger partial charge in [0.2, 0.25) is 11.7 Å². The summed E-state index contributed by atoms with van der Waals surface area (Å²) in [5.74, 6) is 2.74. The summed E-state index contributed by atoms with van der Waals surface area (Å²) in [4.78, 5) is 29.4. The predicted molar refractivity (Wildman–Crippen MR) is 116 cm³/mol. The number of fused-ring (bicyclic) bond motifs is 1. The summed E-state index contributed by atoms with van der Waals surface area (Å²) in [5.41, 5.74) is 2.57. The van der Waals surface area contributed by atoms with Crippen molar-refractivity contribution in [1.82, 2.24) is 25.0 Å². The SMILES string of the molecule is O=C(c1c[nH]c2ccccc12)N1CCN(c2ccc(-c3noc(C4CC4)n3)cn2)CC1. The van der Waals surface area contributed by atoms with Gasteiger partial charge in [0.25, 0.3) is 5.91 Å². The summed E-state index contributed by atoms with van der Waals surface area (Å²) < 4.78 is 5.34. The highest BCUT2D eigenvalue weighted by Gasteiger charge is 2.30. The van der Waals surface area contributed by atoms with Gasteiger partial charge in [-0.1, -0.05) is 23.4 Å². The van der Waals surface area contributed by atoms with E-state index in [1.165, 1.54) is 0 Å². The Balaban J connectivity index is 1.12. The third kappa shape index (κ3) is 3.34. The molecule has 1 saturated heterocycles. The normalized spacial score (nSPS) is 16.8. The number of hydrogen-bond donors (Lipinski definition) is 1. The van der Waals surface area contributed by atoms with Crippen LogP contribution in [0.15, 0.2) is 53.3 Å². The number of aromatic nitrogens is 4. The fourth-order valence-corrected chi connectivity index (χ4v) is 4.11. The monoisotopic (exact) mass is 414 g/mol. The van der Waals surface area contributed by atoms with E-state index >= 15 is 0 Å². The molecule has 0 atom stereocenters. The Morgan fingerprint density at radius 3 is 2.68 bits per heavy atom. The molecule has 2 aliphatic rings. The minimum Gasteiger partial charge on any atom is -0.360 e.